The molecule has 108 valence electrons. The topological polar surface area (TPSA) is 26.3 Å². The summed E-state index contributed by atoms with van der Waals surface area (Å²) < 4.78 is 5.21. The van der Waals surface area contributed by atoms with E-state index in [1.807, 2.05) is 24.5 Å². The van der Waals surface area contributed by atoms with Crippen LogP contribution in [0.2, 0.25) is 0 Å². The van der Waals surface area contributed by atoms with Gasteiger partial charge in [0.25, 0.3) is 0 Å². The van der Waals surface area contributed by atoms with Crippen LogP contribution in [-0.4, -0.2) is 12.9 Å². The van der Waals surface area contributed by atoms with Crippen molar-refractivity contribution in [1.82, 2.24) is 0 Å². The minimum Gasteiger partial charge on any atom is -0.504 e. The highest BCUT2D eigenvalue weighted by atomic mass is 16.5. The summed E-state index contributed by atoms with van der Waals surface area (Å²) in [5, 5.41) is 0. The smallest absolute Gasteiger partial charge is 0.137 e. The van der Waals surface area contributed by atoms with Crippen LogP contribution in [0.15, 0.2) is 42.2 Å². The predicted molar refractivity (Wildman–Crippen MR) is 81.5 cm³/mol. The Morgan fingerprint density at radius 3 is 2.75 bits per heavy atom. The van der Waals surface area contributed by atoms with E-state index in [0.717, 1.165) is 18.4 Å². The molecule has 1 aromatic carbocycles. The van der Waals surface area contributed by atoms with Crippen LogP contribution in [0.25, 0.3) is 0 Å². The van der Waals surface area contributed by atoms with Crippen LogP contribution in [0.5, 0.6) is 0 Å². The maximum absolute atomic E-state index is 12.0. The number of benzene rings is 1. The fourth-order valence-electron chi connectivity index (χ4n) is 3.19. The van der Waals surface area contributed by atoms with Gasteiger partial charge in [0.15, 0.2) is 0 Å². The molecule has 0 spiro atoms. The van der Waals surface area contributed by atoms with Gasteiger partial charge >= 0.3 is 0 Å². The molecule has 20 heavy (non-hydrogen) atoms. The number of rotatable bonds is 5. The lowest BCUT2D eigenvalue weighted by molar-refractivity contribution is -0.118. The number of carbonyl (C=O) groups is 1. The lowest BCUT2D eigenvalue weighted by Crippen LogP contribution is -2.18. The molecule has 0 bridgehead atoms. The van der Waals surface area contributed by atoms with Gasteiger partial charge in [-0.3, -0.25) is 4.79 Å². The Morgan fingerprint density at radius 2 is 2.10 bits per heavy atom. The first-order valence-corrected chi connectivity index (χ1v) is 7.49. The molecular weight excluding hydrogens is 248 g/mol. The average molecular weight is 272 g/mol. The standard InChI is InChI=1S/C18H24O2/c1-14(19)18(15-8-4-3-5-9-15)12-16-10-6-7-11-17(16)13-20-2/h3-5,8-9,13,16,18H,6-7,10-12H2,1-2H3/b17-13-. The molecule has 0 heterocycles. The molecule has 0 radical (unpaired) electrons. The zero-order chi connectivity index (χ0) is 14.4. The first-order chi connectivity index (χ1) is 9.72. The number of ether oxygens (including phenoxy) is 1. The van der Waals surface area contributed by atoms with E-state index in [1.54, 1.807) is 14.0 Å². The van der Waals surface area contributed by atoms with Gasteiger partial charge in [0, 0.05) is 5.92 Å². The number of allylic oxidation sites excluding steroid dienone is 1. The van der Waals surface area contributed by atoms with Crippen molar-refractivity contribution in [3.8, 4) is 0 Å². The third-order valence-corrected chi connectivity index (χ3v) is 4.27. The summed E-state index contributed by atoms with van der Waals surface area (Å²) in [4.78, 5) is 12.0. The zero-order valence-corrected chi connectivity index (χ0v) is 12.5. The molecule has 1 aliphatic carbocycles. The van der Waals surface area contributed by atoms with E-state index in [0.29, 0.717) is 5.92 Å². The predicted octanol–water partition coefficient (Wildman–Crippen LogP) is 4.47. The van der Waals surface area contributed by atoms with Gasteiger partial charge < -0.3 is 4.74 Å². The highest BCUT2D eigenvalue weighted by molar-refractivity contribution is 5.83. The van der Waals surface area contributed by atoms with E-state index < -0.39 is 0 Å². The Balaban J connectivity index is 2.15. The third-order valence-electron chi connectivity index (χ3n) is 4.27. The Hall–Kier alpha value is -1.57. The van der Waals surface area contributed by atoms with Crippen LogP contribution < -0.4 is 0 Å². The zero-order valence-electron chi connectivity index (χ0n) is 12.5. The first kappa shape index (κ1) is 14.8. The number of carbonyl (C=O) groups excluding carboxylic acids is 1. The number of methoxy groups -OCH3 is 1. The number of hydrogen-bond donors (Lipinski definition) is 0. The summed E-state index contributed by atoms with van der Waals surface area (Å²) in [7, 11) is 1.71. The van der Waals surface area contributed by atoms with Gasteiger partial charge in [-0.25, -0.2) is 0 Å². The SMILES string of the molecule is CO/C=C1/CCCCC1CC(C(C)=O)c1ccccc1. The van der Waals surface area contributed by atoms with Crippen molar-refractivity contribution in [3.05, 3.63) is 47.7 Å². The molecule has 2 rings (SSSR count). The van der Waals surface area contributed by atoms with E-state index in [-0.39, 0.29) is 11.7 Å². The minimum atomic E-state index is 0.0135. The minimum absolute atomic E-state index is 0.0135. The van der Waals surface area contributed by atoms with E-state index >= 15 is 0 Å². The van der Waals surface area contributed by atoms with Gasteiger partial charge in [-0.15, -0.1) is 0 Å². The lowest BCUT2D eigenvalue weighted by atomic mass is 9.77. The molecule has 0 saturated heterocycles. The van der Waals surface area contributed by atoms with Crippen molar-refractivity contribution >= 4 is 5.78 Å². The van der Waals surface area contributed by atoms with E-state index in [1.165, 1.54) is 24.8 Å². The van der Waals surface area contributed by atoms with Crippen molar-refractivity contribution in [3.63, 3.8) is 0 Å². The van der Waals surface area contributed by atoms with Crippen LogP contribution in [-0.2, 0) is 9.53 Å². The molecule has 0 amide bonds. The molecule has 2 nitrogen and oxygen atoms in total. The van der Waals surface area contributed by atoms with E-state index in [4.69, 9.17) is 4.74 Å². The Bertz CT molecular complexity index is 462. The second-order valence-corrected chi connectivity index (χ2v) is 5.68. The van der Waals surface area contributed by atoms with Crippen molar-refractivity contribution < 1.29 is 9.53 Å². The summed E-state index contributed by atoms with van der Waals surface area (Å²) in [5.41, 5.74) is 2.52. The summed E-state index contributed by atoms with van der Waals surface area (Å²) in [6.45, 7) is 1.71. The Labute approximate surface area is 121 Å². The maximum Gasteiger partial charge on any atom is 0.137 e. The van der Waals surface area contributed by atoms with Gasteiger partial charge in [-0.1, -0.05) is 36.8 Å². The van der Waals surface area contributed by atoms with Crippen LogP contribution in [0.4, 0.5) is 0 Å². The molecule has 1 fully saturated rings. The van der Waals surface area contributed by atoms with Crippen LogP contribution in [0.1, 0.15) is 50.5 Å². The molecule has 1 aliphatic rings. The monoisotopic (exact) mass is 272 g/mol. The fraction of sp³-hybridized carbons (Fsp3) is 0.500. The van der Waals surface area contributed by atoms with E-state index in [2.05, 4.69) is 12.1 Å². The summed E-state index contributed by atoms with van der Waals surface area (Å²) in [6, 6.07) is 10.1. The van der Waals surface area contributed by atoms with Gasteiger partial charge in [-0.2, -0.15) is 0 Å². The van der Waals surface area contributed by atoms with Crippen LogP contribution in [0.3, 0.4) is 0 Å². The molecule has 1 saturated carbocycles. The molecule has 2 unspecified atom stereocenters. The maximum atomic E-state index is 12.0. The van der Waals surface area contributed by atoms with Gasteiger partial charge in [0.1, 0.15) is 5.78 Å². The van der Waals surface area contributed by atoms with Gasteiger partial charge in [-0.05, 0) is 49.7 Å². The highest BCUT2D eigenvalue weighted by Gasteiger charge is 2.26. The second-order valence-electron chi connectivity index (χ2n) is 5.68. The molecule has 0 aromatic heterocycles. The Kier molecular flexibility index (Phi) is 5.40. The van der Waals surface area contributed by atoms with Gasteiger partial charge in [0.2, 0.25) is 0 Å². The van der Waals surface area contributed by atoms with Crippen LogP contribution in [0, 0.1) is 5.92 Å². The van der Waals surface area contributed by atoms with Crippen molar-refractivity contribution in [1.29, 1.82) is 0 Å². The second kappa shape index (κ2) is 7.28. The summed E-state index contributed by atoms with van der Waals surface area (Å²) in [5.74, 6) is 0.760. The lowest BCUT2D eigenvalue weighted by Gasteiger charge is -2.28. The van der Waals surface area contributed by atoms with Gasteiger partial charge in [0.05, 0.1) is 13.4 Å². The summed E-state index contributed by atoms with van der Waals surface area (Å²) in [6.07, 6.45) is 7.58. The molecular formula is C18H24O2. The molecule has 0 N–H and O–H groups in total. The van der Waals surface area contributed by atoms with Crippen molar-refractivity contribution in [2.75, 3.05) is 7.11 Å². The average Bonchev–Trinajstić information content (AvgIpc) is 2.47. The quantitative estimate of drug-likeness (QED) is 0.739. The molecule has 2 atom stereocenters. The third kappa shape index (κ3) is 3.72. The van der Waals surface area contributed by atoms with Crippen molar-refractivity contribution in [2.24, 2.45) is 5.92 Å². The summed E-state index contributed by atoms with van der Waals surface area (Å²) >= 11 is 0. The Morgan fingerprint density at radius 1 is 1.35 bits per heavy atom. The van der Waals surface area contributed by atoms with E-state index in [9.17, 15) is 4.79 Å². The first-order valence-electron chi connectivity index (χ1n) is 7.49. The number of ketones is 1. The number of hydrogen-bond acceptors (Lipinski definition) is 2. The molecule has 0 aliphatic heterocycles. The normalized spacial score (nSPS) is 22.5. The molecule has 2 heteroatoms. The number of Topliss-reactive ketones (excluding diaryl/α,β-unsaturated/α-hetero) is 1. The highest BCUT2D eigenvalue weighted by Crippen LogP contribution is 2.37. The van der Waals surface area contributed by atoms with Crippen LogP contribution >= 0.6 is 0 Å². The fourth-order valence-corrected chi connectivity index (χ4v) is 3.19. The van der Waals surface area contributed by atoms with Crippen molar-refractivity contribution in [2.45, 2.75) is 44.9 Å². The molecule has 1 aromatic rings. The largest absolute Gasteiger partial charge is 0.504 e.